The zero-order valence-electron chi connectivity index (χ0n) is 14.0. The number of aliphatic carboxylic acids is 1. The molecule has 26 heavy (non-hydrogen) atoms. The van der Waals surface area contributed by atoms with E-state index in [0.29, 0.717) is 30.5 Å². The zero-order chi connectivity index (χ0) is 18.5. The maximum absolute atomic E-state index is 12.9. The van der Waals surface area contributed by atoms with Gasteiger partial charge in [0.15, 0.2) is 0 Å². The van der Waals surface area contributed by atoms with Crippen LogP contribution in [0.4, 0.5) is 5.69 Å². The summed E-state index contributed by atoms with van der Waals surface area (Å²) in [5.41, 5.74) is 0.498. The van der Waals surface area contributed by atoms with E-state index in [0.717, 1.165) is 9.69 Å². The molecule has 2 aromatic rings. The first kappa shape index (κ1) is 16.8. The van der Waals surface area contributed by atoms with Gasteiger partial charge in [-0.25, -0.2) is 8.42 Å². The molecule has 2 aliphatic rings. The Bertz CT molecular complexity index is 1010. The normalized spacial score (nSPS) is 21.2. The van der Waals surface area contributed by atoms with Crippen LogP contribution in [0.3, 0.4) is 0 Å². The van der Waals surface area contributed by atoms with Crippen LogP contribution in [-0.2, 0) is 19.6 Å². The lowest BCUT2D eigenvalue weighted by molar-refractivity contribution is -0.145. The number of sulfonamides is 1. The number of carboxylic acids is 1. The topological polar surface area (TPSA) is 95.0 Å². The Morgan fingerprint density at radius 1 is 1.15 bits per heavy atom. The van der Waals surface area contributed by atoms with Crippen molar-refractivity contribution in [3.05, 3.63) is 36.4 Å². The van der Waals surface area contributed by atoms with E-state index in [4.69, 9.17) is 0 Å². The van der Waals surface area contributed by atoms with Crippen molar-refractivity contribution in [3.63, 3.8) is 0 Å². The third-order valence-electron chi connectivity index (χ3n) is 5.08. The van der Waals surface area contributed by atoms with Gasteiger partial charge in [-0.2, -0.15) is 0 Å². The number of nitrogens with zero attached hydrogens (tertiary/aromatic N) is 2. The van der Waals surface area contributed by atoms with Crippen molar-refractivity contribution in [1.82, 2.24) is 4.90 Å². The monoisotopic (exact) mass is 374 g/mol. The molecule has 0 aromatic heterocycles. The molecule has 4 rings (SSSR count). The van der Waals surface area contributed by atoms with Crippen molar-refractivity contribution in [2.45, 2.75) is 17.7 Å². The predicted molar refractivity (Wildman–Crippen MR) is 95.4 cm³/mol. The molecule has 0 aliphatic carbocycles. The molecule has 0 radical (unpaired) electrons. The molecule has 8 heteroatoms. The van der Waals surface area contributed by atoms with E-state index in [1.54, 1.807) is 24.3 Å². The van der Waals surface area contributed by atoms with Crippen LogP contribution in [0.25, 0.3) is 10.8 Å². The van der Waals surface area contributed by atoms with E-state index >= 15 is 0 Å². The molecule has 2 aliphatic heterocycles. The number of rotatable bonds is 3. The fourth-order valence-corrected chi connectivity index (χ4v) is 5.42. The van der Waals surface area contributed by atoms with Gasteiger partial charge in [-0.05, 0) is 30.4 Å². The van der Waals surface area contributed by atoms with Crippen LogP contribution in [0.5, 0.6) is 0 Å². The largest absolute Gasteiger partial charge is 0.481 e. The molecule has 0 spiro atoms. The molecule has 0 bridgehead atoms. The highest BCUT2D eigenvalue weighted by Gasteiger charge is 2.38. The van der Waals surface area contributed by atoms with Gasteiger partial charge < -0.3 is 10.0 Å². The van der Waals surface area contributed by atoms with Gasteiger partial charge in [0.25, 0.3) is 10.0 Å². The number of carbonyl (C=O) groups excluding carboxylic acids is 1. The standard InChI is InChI=1S/C18H18N2O5S/c21-16(19-9-3-6-13(10-19)18(22)23)11-20-14-7-1-4-12-5-2-8-15(17(12)14)26(20,24)25/h1-2,4-5,7-8,13H,3,6,9-11H2,(H,22,23). The van der Waals surface area contributed by atoms with Gasteiger partial charge in [0.2, 0.25) is 5.91 Å². The SMILES string of the molecule is O=C(O)C1CCCN(C(=O)CN2c3cccc4cccc(c34)S2(=O)=O)C1. The summed E-state index contributed by atoms with van der Waals surface area (Å²) >= 11 is 0. The molecule has 7 nitrogen and oxygen atoms in total. The number of anilines is 1. The second-order valence-electron chi connectivity index (χ2n) is 6.66. The summed E-state index contributed by atoms with van der Waals surface area (Å²) in [6, 6.07) is 10.4. The van der Waals surface area contributed by atoms with E-state index in [-0.39, 0.29) is 23.9 Å². The maximum Gasteiger partial charge on any atom is 0.308 e. The zero-order valence-corrected chi connectivity index (χ0v) is 14.8. The van der Waals surface area contributed by atoms with Gasteiger partial charge in [-0.15, -0.1) is 0 Å². The van der Waals surface area contributed by atoms with Crippen LogP contribution in [0, 0.1) is 5.92 Å². The average molecular weight is 374 g/mol. The fourth-order valence-electron chi connectivity index (χ4n) is 3.76. The third kappa shape index (κ3) is 2.52. The Kier molecular flexibility index (Phi) is 3.87. The fraction of sp³-hybridized carbons (Fsp3) is 0.333. The van der Waals surface area contributed by atoms with Gasteiger partial charge >= 0.3 is 5.97 Å². The average Bonchev–Trinajstić information content (AvgIpc) is 2.85. The van der Waals surface area contributed by atoms with E-state index in [1.165, 1.54) is 4.90 Å². The highest BCUT2D eigenvalue weighted by atomic mass is 32.2. The van der Waals surface area contributed by atoms with E-state index in [2.05, 4.69) is 0 Å². The van der Waals surface area contributed by atoms with Crippen LogP contribution in [-0.4, -0.2) is 49.9 Å². The van der Waals surface area contributed by atoms with Crippen molar-refractivity contribution in [1.29, 1.82) is 0 Å². The van der Waals surface area contributed by atoms with Crippen molar-refractivity contribution >= 4 is 38.4 Å². The first-order valence-corrected chi connectivity index (χ1v) is 9.88. The van der Waals surface area contributed by atoms with E-state index in [9.17, 15) is 23.1 Å². The number of amides is 1. The number of piperidine rings is 1. The third-order valence-corrected chi connectivity index (χ3v) is 6.89. The molecule has 1 saturated heterocycles. The van der Waals surface area contributed by atoms with Crippen LogP contribution < -0.4 is 4.31 Å². The summed E-state index contributed by atoms with van der Waals surface area (Å²) < 4.78 is 27.0. The number of benzene rings is 2. The van der Waals surface area contributed by atoms with Crippen LogP contribution in [0.1, 0.15) is 12.8 Å². The second kappa shape index (κ2) is 5.98. The molecule has 2 aromatic carbocycles. The molecule has 136 valence electrons. The van der Waals surface area contributed by atoms with Gasteiger partial charge in [-0.1, -0.05) is 24.3 Å². The van der Waals surface area contributed by atoms with Crippen molar-refractivity contribution in [3.8, 4) is 0 Å². The minimum absolute atomic E-state index is 0.124. The smallest absolute Gasteiger partial charge is 0.308 e. The Balaban J connectivity index is 1.64. The van der Waals surface area contributed by atoms with Gasteiger partial charge in [0.05, 0.1) is 16.5 Å². The van der Waals surface area contributed by atoms with Gasteiger partial charge in [-0.3, -0.25) is 13.9 Å². The summed E-state index contributed by atoms with van der Waals surface area (Å²) in [7, 11) is -3.79. The summed E-state index contributed by atoms with van der Waals surface area (Å²) in [5.74, 6) is -1.89. The molecule has 1 unspecified atom stereocenters. The molecule has 1 N–H and O–H groups in total. The lowest BCUT2D eigenvalue weighted by atomic mass is 9.98. The van der Waals surface area contributed by atoms with Crippen molar-refractivity contribution < 1.29 is 23.1 Å². The summed E-state index contributed by atoms with van der Waals surface area (Å²) in [5, 5.41) is 10.6. The molecule has 1 amide bonds. The first-order valence-electron chi connectivity index (χ1n) is 8.44. The molecule has 0 saturated carbocycles. The quantitative estimate of drug-likeness (QED) is 0.882. The number of hydrogen-bond donors (Lipinski definition) is 1. The lowest BCUT2D eigenvalue weighted by Gasteiger charge is -2.32. The van der Waals surface area contributed by atoms with E-state index in [1.807, 2.05) is 12.1 Å². The molecule has 1 atom stereocenters. The van der Waals surface area contributed by atoms with Crippen LogP contribution in [0.2, 0.25) is 0 Å². The van der Waals surface area contributed by atoms with Crippen molar-refractivity contribution in [2.75, 3.05) is 23.9 Å². The molecule has 1 fully saturated rings. The molecular weight excluding hydrogens is 356 g/mol. The Morgan fingerprint density at radius 2 is 1.88 bits per heavy atom. The molecule has 2 heterocycles. The minimum Gasteiger partial charge on any atom is -0.481 e. The van der Waals surface area contributed by atoms with Gasteiger partial charge in [0, 0.05) is 18.5 Å². The summed E-state index contributed by atoms with van der Waals surface area (Å²) in [4.78, 5) is 25.6. The van der Waals surface area contributed by atoms with Crippen LogP contribution in [0.15, 0.2) is 41.3 Å². The Morgan fingerprint density at radius 3 is 2.62 bits per heavy atom. The second-order valence-corrected chi connectivity index (χ2v) is 8.49. The predicted octanol–water partition coefficient (Wildman–Crippen LogP) is 1.67. The minimum atomic E-state index is -3.79. The van der Waals surface area contributed by atoms with Gasteiger partial charge in [0.1, 0.15) is 6.54 Å². The number of likely N-dealkylation sites (tertiary alicyclic amines) is 1. The van der Waals surface area contributed by atoms with Crippen molar-refractivity contribution in [2.24, 2.45) is 5.92 Å². The maximum atomic E-state index is 12.9. The first-order chi connectivity index (χ1) is 12.4. The summed E-state index contributed by atoms with van der Waals surface area (Å²) in [6.45, 7) is 0.259. The number of carboxylic acid groups (broad SMARTS) is 1. The Hall–Kier alpha value is -2.61. The van der Waals surface area contributed by atoms with Crippen LogP contribution >= 0.6 is 0 Å². The van der Waals surface area contributed by atoms with E-state index < -0.39 is 21.9 Å². The number of hydrogen-bond acceptors (Lipinski definition) is 4. The lowest BCUT2D eigenvalue weighted by Crippen LogP contribution is -2.47. The Labute approximate surface area is 150 Å². The summed E-state index contributed by atoms with van der Waals surface area (Å²) in [6.07, 6.45) is 1.14. The number of carbonyl (C=O) groups is 2. The molecular formula is C18H18N2O5S. The highest BCUT2D eigenvalue weighted by Crippen LogP contribution is 2.41. The highest BCUT2D eigenvalue weighted by molar-refractivity contribution is 7.93.